The number of fused-ring (bicyclic) bond motifs is 1. The minimum Gasteiger partial charge on any atom is -0.347 e. The number of halogens is 2. The number of benzene rings is 1. The molecular weight excluding hydrogens is 652 g/mol. The zero-order chi connectivity index (χ0) is 37.9. The molecule has 1 saturated carbocycles. The van der Waals surface area contributed by atoms with Crippen LogP contribution in [0.15, 0.2) is 30.3 Å². The maximum absolute atomic E-state index is 14.1. The van der Waals surface area contributed by atoms with Crippen LogP contribution in [0, 0.1) is 22.7 Å². The molecule has 1 saturated heterocycles. The molecule has 278 valence electrons. The third-order valence-electron chi connectivity index (χ3n) is 9.23. The molecule has 6 atom stereocenters. The van der Waals surface area contributed by atoms with Crippen molar-refractivity contribution in [1.29, 1.82) is 0 Å². The lowest BCUT2D eigenvalue weighted by Crippen LogP contribution is -2.62. The van der Waals surface area contributed by atoms with Crippen molar-refractivity contribution in [3.8, 4) is 0 Å². The Morgan fingerprint density at radius 2 is 1.54 bits per heavy atom. The lowest BCUT2D eigenvalue weighted by atomic mass is 9.85. The molecule has 0 unspecified atom stereocenters. The number of nitrogens with zero attached hydrogens (tertiary/aromatic N) is 2. The third-order valence-corrected chi connectivity index (χ3v) is 9.23. The zero-order valence-corrected chi connectivity index (χ0v) is 30.6. The highest BCUT2D eigenvalue weighted by Gasteiger charge is 2.70. The van der Waals surface area contributed by atoms with Gasteiger partial charge >= 0.3 is 6.03 Å². The normalized spacial score (nSPS) is 21.2. The highest BCUT2D eigenvalue weighted by atomic mass is 19.3. The third kappa shape index (κ3) is 9.90. The van der Waals surface area contributed by atoms with Gasteiger partial charge in [0.05, 0.1) is 6.54 Å². The second kappa shape index (κ2) is 15.3. The molecule has 15 heteroatoms. The average Bonchev–Trinajstić information content (AvgIpc) is 3.30. The Morgan fingerprint density at radius 3 is 2.06 bits per heavy atom. The summed E-state index contributed by atoms with van der Waals surface area (Å²) >= 11 is 0. The summed E-state index contributed by atoms with van der Waals surface area (Å²) in [7, 11) is 3.05. The number of likely N-dealkylation sites (N-methyl/N-ethyl adjacent to an activating group) is 1. The number of hydrogen-bond donors (Lipinski definition) is 5. The monoisotopic (exact) mass is 705 g/mol. The van der Waals surface area contributed by atoms with Crippen LogP contribution in [0.2, 0.25) is 0 Å². The number of rotatable bonds is 12. The van der Waals surface area contributed by atoms with Gasteiger partial charge in [0.25, 0.3) is 0 Å². The SMILES string of the molecule is CN(C)C(=O)[C@@H](NC(=O)CNC(=O)[C@H](CC(F)F)NC(=O)[C@@H]1[C@@H]2[C@H](CN1C(=O)[C@@H](NC(=O)NC(C)(C)C)C(C)(C)C)C2(C)C)c1ccccc1. The molecule has 0 radical (unpaired) electrons. The Morgan fingerprint density at radius 1 is 0.940 bits per heavy atom. The van der Waals surface area contributed by atoms with E-state index in [1.807, 2.05) is 13.8 Å². The molecule has 1 aliphatic carbocycles. The topological polar surface area (TPSA) is 169 Å². The van der Waals surface area contributed by atoms with Crippen LogP contribution in [-0.4, -0.2) is 103 Å². The summed E-state index contributed by atoms with van der Waals surface area (Å²) in [5.41, 5.74) is -1.16. The van der Waals surface area contributed by atoms with Gasteiger partial charge in [-0.2, -0.15) is 0 Å². The standard InChI is InChI=1S/C35H53F2N7O6/c1-33(2,3)27(41-32(50)42-34(4,5)6)31(49)44-18-20-24(35(20,7)8)26(44)29(47)39-21(16-22(36)37)28(46)38-17-23(45)40-25(30(48)43(9)10)19-14-12-11-13-15-19/h11-15,20-22,24-27H,16-18H2,1-10H3,(H,38,46)(H,39,47)(H,40,45)(H2,41,42,50)/t20-,21-,24-,25-,26-,27+/m0/s1. The van der Waals surface area contributed by atoms with E-state index >= 15 is 0 Å². The quantitative estimate of drug-likeness (QED) is 0.223. The van der Waals surface area contributed by atoms with Gasteiger partial charge in [-0.3, -0.25) is 24.0 Å². The van der Waals surface area contributed by atoms with E-state index in [9.17, 15) is 37.5 Å². The Labute approximate surface area is 293 Å². The van der Waals surface area contributed by atoms with Crippen LogP contribution >= 0.6 is 0 Å². The van der Waals surface area contributed by atoms with E-state index in [4.69, 9.17) is 0 Å². The average molecular weight is 706 g/mol. The van der Waals surface area contributed by atoms with Crippen molar-refractivity contribution in [2.45, 2.75) is 97.9 Å². The summed E-state index contributed by atoms with van der Waals surface area (Å²) in [4.78, 5) is 82.3. The number of nitrogens with one attached hydrogen (secondary N) is 5. The van der Waals surface area contributed by atoms with Gasteiger partial charge in [0.15, 0.2) is 0 Å². The fraction of sp³-hybridized carbons (Fsp3) is 0.657. The van der Waals surface area contributed by atoms with Crippen LogP contribution in [0.1, 0.15) is 73.4 Å². The number of likely N-dealkylation sites (tertiary alicyclic amines) is 1. The van der Waals surface area contributed by atoms with E-state index in [-0.39, 0.29) is 23.8 Å². The van der Waals surface area contributed by atoms with Crippen molar-refractivity contribution in [3.63, 3.8) is 0 Å². The van der Waals surface area contributed by atoms with E-state index in [2.05, 4.69) is 26.6 Å². The Hall–Kier alpha value is -4.30. The van der Waals surface area contributed by atoms with Gasteiger partial charge in [-0.05, 0) is 49.0 Å². The van der Waals surface area contributed by atoms with Gasteiger partial charge in [0.1, 0.15) is 24.2 Å². The van der Waals surface area contributed by atoms with Crippen LogP contribution < -0.4 is 26.6 Å². The van der Waals surface area contributed by atoms with Crippen molar-refractivity contribution in [3.05, 3.63) is 35.9 Å². The first kappa shape index (κ1) is 40.1. The molecule has 1 aromatic carbocycles. The van der Waals surface area contributed by atoms with Gasteiger partial charge < -0.3 is 36.4 Å². The van der Waals surface area contributed by atoms with Crippen LogP contribution in [0.3, 0.4) is 0 Å². The first-order valence-corrected chi connectivity index (χ1v) is 16.8. The van der Waals surface area contributed by atoms with Crippen molar-refractivity contribution in [1.82, 2.24) is 36.4 Å². The minimum absolute atomic E-state index is 0.0558. The summed E-state index contributed by atoms with van der Waals surface area (Å²) in [5, 5.41) is 12.8. The minimum atomic E-state index is -2.98. The van der Waals surface area contributed by atoms with Crippen LogP contribution in [0.5, 0.6) is 0 Å². The predicted octanol–water partition coefficient (Wildman–Crippen LogP) is 2.18. The van der Waals surface area contributed by atoms with E-state index in [1.165, 1.54) is 23.9 Å². The summed E-state index contributed by atoms with van der Waals surface area (Å²) in [5.74, 6) is -3.85. The van der Waals surface area contributed by atoms with E-state index in [0.29, 0.717) is 5.56 Å². The van der Waals surface area contributed by atoms with Crippen LogP contribution in [0.25, 0.3) is 0 Å². The maximum atomic E-state index is 14.1. The lowest BCUT2D eigenvalue weighted by molar-refractivity contribution is -0.144. The molecular formula is C35H53F2N7O6. The Bertz CT molecular complexity index is 1440. The van der Waals surface area contributed by atoms with E-state index < -0.39 is 90.1 Å². The molecule has 0 bridgehead atoms. The highest BCUT2D eigenvalue weighted by molar-refractivity contribution is 5.97. The van der Waals surface area contributed by atoms with Gasteiger partial charge in [-0.1, -0.05) is 65.0 Å². The maximum Gasteiger partial charge on any atom is 0.315 e. The van der Waals surface area contributed by atoms with E-state index in [1.54, 1.807) is 71.9 Å². The number of urea groups is 1. The Balaban J connectivity index is 1.77. The number of alkyl halides is 2. The molecule has 2 aliphatic rings. The van der Waals surface area contributed by atoms with E-state index in [0.717, 1.165) is 0 Å². The number of amides is 7. The number of carbonyl (C=O) groups is 6. The van der Waals surface area contributed by atoms with Gasteiger partial charge in [0, 0.05) is 32.6 Å². The molecule has 7 amide bonds. The highest BCUT2D eigenvalue weighted by Crippen LogP contribution is 2.65. The van der Waals surface area contributed by atoms with Crippen molar-refractivity contribution in [2.75, 3.05) is 27.2 Å². The second-order valence-electron chi connectivity index (χ2n) is 16.1. The lowest BCUT2D eigenvalue weighted by Gasteiger charge is -2.38. The molecule has 13 nitrogen and oxygen atoms in total. The fourth-order valence-corrected chi connectivity index (χ4v) is 6.50. The molecule has 0 spiro atoms. The summed E-state index contributed by atoms with van der Waals surface area (Å²) in [6.45, 7) is 14.2. The molecule has 3 rings (SSSR count). The largest absolute Gasteiger partial charge is 0.347 e. The summed E-state index contributed by atoms with van der Waals surface area (Å²) in [6, 6.07) is 3.00. The molecule has 1 heterocycles. The molecule has 1 aliphatic heterocycles. The van der Waals surface area contributed by atoms with Crippen molar-refractivity contribution >= 4 is 35.6 Å². The predicted molar refractivity (Wildman–Crippen MR) is 183 cm³/mol. The van der Waals surface area contributed by atoms with Gasteiger partial charge in [-0.15, -0.1) is 0 Å². The second-order valence-corrected chi connectivity index (χ2v) is 16.1. The number of hydrogen-bond acceptors (Lipinski definition) is 6. The smallest absolute Gasteiger partial charge is 0.315 e. The van der Waals surface area contributed by atoms with Crippen molar-refractivity contribution < 1.29 is 37.5 Å². The summed E-state index contributed by atoms with van der Waals surface area (Å²) in [6.07, 6.45) is -4.02. The zero-order valence-electron chi connectivity index (χ0n) is 30.6. The molecule has 0 aromatic heterocycles. The number of carbonyl (C=O) groups excluding carboxylic acids is 6. The van der Waals surface area contributed by atoms with Gasteiger partial charge in [-0.25, -0.2) is 13.6 Å². The first-order chi connectivity index (χ1) is 23.0. The summed E-state index contributed by atoms with van der Waals surface area (Å²) < 4.78 is 27.4. The molecule has 50 heavy (non-hydrogen) atoms. The van der Waals surface area contributed by atoms with Crippen LogP contribution in [-0.2, 0) is 24.0 Å². The number of piperidine rings is 1. The van der Waals surface area contributed by atoms with Crippen molar-refractivity contribution in [2.24, 2.45) is 22.7 Å². The van der Waals surface area contributed by atoms with Crippen LogP contribution in [0.4, 0.5) is 13.6 Å². The Kier molecular flexibility index (Phi) is 12.3. The molecule has 5 N–H and O–H groups in total. The first-order valence-electron chi connectivity index (χ1n) is 16.8. The van der Waals surface area contributed by atoms with Gasteiger partial charge in [0.2, 0.25) is 36.0 Å². The molecule has 1 aromatic rings. The molecule has 2 fully saturated rings. The fourth-order valence-electron chi connectivity index (χ4n) is 6.50.